The van der Waals surface area contributed by atoms with Crippen molar-refractivity contribution in [2.75, 3.05) is 107 Å². The molecule has 4 heterocycles. The molecule has 0 unspecified atom stereocenters. The Bertz CT molecular complexity index is 2200. The summed E-state index contributed by atoms with van der Waals surface area (Å²) in [6.45, 7) is 13.5. The maximum absolute atomic E-state index is 9.86. The first kappa shape index (κ1) is 52.3. The molecule has 16 heteroatoms. The summed E-state index contributed by atoms with van der Waals surface area (Å²) in [7, 11) is 3.28. The number of allylic oxidation sites excluding steroid dienone is 4. The number of aromatic amines is 1. The van der Waals surface area contributed by atoms with Crippen LogP contribution in [0.15, 0.2) is 36.7 Å². The molecular weight excluding hydrogens is 842 g/mol. The van der Waals surface area contributed by atoms with Crippen LogP contribution in [0.4, 0.5) is 0 Å². The number of fused-ring (bicyclic) bond motifs is 7. The third-order valence-corrected chi connectivity index (χ3v) is 10.8. The predicted molar refractivity (Wildman–Crippen MR) is 253 cm³/mol. The monoisotopic (exact) mass is 909 g/mol. The van der Waals surface area contributed by atoms with E-state index in [1.54, 1.807) is 20.4 Å². The van der Waals surface area contributed by atoms with Gasteiger partial charge < -0.3 is 53.1 Å². The van der Waals surface area contributed by atoms with Crippen LogP contribution in [0.25, 0.3) is 44.4 Å². The number of rotatable bonds is 28. The first-order chi connectivity index (χ1) is 30.9. The summed E-state index contributed by atoms with van der Waals surface area (Å²) < 4.78 is 45.3. The second-order valence-corrected chi connectivity index (χ2v) is 15.0. The number of nitrogens with one attached hydrogen (secondary N) is 1. The molecule has 1 aromatic carbocycles. The molecule has 6 bridgehead atoms. The summed E-state index contributed by atoms with van der Waals surface area (Å²) in [4.78, 5) is 24.0. The molecule has 0 fully saturated rings. The highest BCUT2D eigenvalue weighted by atomic mass is 35.5. The van der Waals surface area contributed by atoms with Crippen molar-refractivity contribution in [3.05, 3.63) is 70.6 Å². The molecule has 0 saturated carbocycles. The van der Waals surface area contributed by atoms with E-state index in [1.807, 2.05) is 25.3 Å². The lowest BCUT2D eigenvalue weighted by molar-refractivity contribution is 0.0160. The zero-order chi connectivity index (χ0) is 44.8. The van der Waals surface area contributed by atoms with Crippen LogP contribution in [0.3, 0.4) is 0 Å². The Morgan fingerprint density at radius 1 is 0.531 bits per heavy atom. The van der Waals surface area contributed by atoms with Gasteiger partial charge in [-0.25, -0.2) is 9.97 Å². The van der Waals surface area contributed by atoms with Crippen LogP contribution in [0.1, 0.15) is 86.8 Å². The van der Waals surface area contributed by atoms with Crippen molar-refractivity contribution in [3.8, 4) is 11.5 Å². The standard InChI is InChI=1S/C48H67N5O10.ClH/c1-7-35-36(8-2)40-28-42-38(12-10-14-55)34(4)46(53-42)32-50-44-30-48(63-26-24-61-22-20-59-18-16-57-6)47(62-25-23-60-21-19-58-17-15-56-5)29-43(44)49-31-45-33(3)37(11-9-13-54)41(52-45)27-39(35)51-40;/h27-32,52,54-55H,7-26H2,1-6H3;1H. The van der Waals surface area contributed by atoms with Gasteiger partial charge >= 0.3 is 0 Å². The summed E-state index contributed by atoms with van der Waals surface area (Å²) in [6.07, 6.45) is 7.76. The van der Waals surface area contributed by atoms with E-state index in [0.717, 1.165) is 63.2 Å². The minimum absolute atomic E-state index is 0. The zero-order valence-electron chi connectivity index (χ0n) is 38.5. The van der Waals surface area contributed by atoms with Gasteiger partial charge in [0.2, 0.25) is 0 Å². The molecule has 64 heavy (non-hydrogen) atoms. The molecule has 0 saturated heterocycles. The number of aliphatic hydroxyl groups is 2. The molecule has 0 radical (unpaired) electrons. The van der Waals surface area contributed by atoms with Gasteiger partial charge in [0.25, 0.3) is 0 Å². The average molecular weight is 911 g/mol. The summed E-state index contributed by atoms with van der Waals surface area (Å²) in [5, 5.41) is 19.7. The van der Waals surface area contributed by atoms with Gasteiger partial charge in [0.1, 0.15) is 13.2 Å². The second-order valence-electron chi connectivity index (χ2n) is 15.0. The van der Waals surface area contributed by atoms with E-state index in [-0.39, 0.29) is 38.8 Å². The molecule has 352 valence electrons. The SMILES string of the molecule is CCC1=C(CC)c2cc3[nH]c(cnc4cc(OCCOCCOCCOC)c(OCCOCCOCCOC)cc4ncc4nc(cc1n2)C(CCCO)=C4C)c(C)c3CCCO.Cl. The van der Waals surface area contributed by atoms with Crippen LogP contribution in [0.2, 0.25) is 0 Å². The van der Waals surface area contributed by atoms with Gasteiger partial charge in [-0.05, 0) is 97.9 Å². The van der Waals surface area contributed by atoms with Gasteiger partial charge in [-0.15, -0.1) is 12.4 Å². The largest absolute Gasteiger partial charge is 0.487 e. The van der Waals surface area contributed by atoms with Gasteiger partial charge in [-0.2, -0.15) is 0 Å². The molecule has 5 rings (SSSR count). The Kier molecular flexibility index (Phi) is 23.4. The summed E-state index contributed by atoms with van der Waals surface area (Å²) in [5.74, 6) is 0.939. The lowest BCUT2D eigenvalue weighted by Crippen LogP contribution is -2.14. The van der Waals surface area contributed by atoms with E-state index in [2.05, 4.69) is 37.9 Å². The molecule has 15 nitrogen and oxygen atoms in total. The Hall–Kier alpha value is -4.29. The van der Waals surface area contributed by atoms with Gasteiger partial charge in [0, 0.05) is 45.1 Å². The smallest absolute Gasteiger partial charge is 0.163 e. The summed E-state index contributed by atoms with van der Waals surface area (Å²) in [6, 6.07) is 7.87. The van der Waals surface area contributed by atoms with Gasteiger partial charge in [0.15, 0.2) is 11.5 Å². The first-order valence-corrected chi connectivity index (χ1v) is 22.1. The minimum atomic E-state index is 0. The van der Waals surface area contributed by atoms with Crippen LogP contribution in [-0.4, -0.2) is 142 Å². The third-order valence-electron chi connectivity index (χ3n) is 10.8. The van der Waals surface area contributed by atoms with E-state index in [0.29, 0.717) is 120 Å². The van der Waals surface area contributed by atoms with Gasteiger partial charge in [-0.3, -0.25) is 9.97 Å². The van der Waals surface area contributed by atoms with Crippen molar-refractivity contribution in [2.45, 2.75) is 66.2 Å². The molecule has 0 atom stereocenters. The molecule has 0 spiro atoms. The van der Waals surface area contributed by atoms with Crippen LogP contribution in [-0.2, 0) is 34.8 Å². The van der Waals surface area contributed by atoms with Crippen molar-refractivity contribution in [1.29, 1.82) is 0 Å². The Balaban J connectivity index is 0.00000898. The summed E-state index contributed by atoms with van der Waals surface area (Å²) >= 11 is 0. The molecule has 2 aromatic heterocycles. The fourth-order valence-corrected chi connectivity index (χ4v) is 7.41. The van der Waals surface area contributed by atoms with E-state index in [1.165, 1.54) is 11.1 Å². The first-order valence-electron chi connectivity index (χ1n) is 22.1. The number of benzene rings is 1. The zero-order valence-corrected chi connectivity index (χ0v) is 39.3. The lowest BCUT2D eigenvalue weighted by atomic mass is 9.98. The van der Waals surface area contributed by atoms with Crippen LogP contribution in [0.5, 0.6) is 11.5 Å². The highest BCUT2D eigenvalue weighted by molar-refractivity contribution is 5.95. The predicted octanol–water partition coefficient (Wildman–Crippen LogP) is 7.54. The van der Waals surface area contributed by atoms with Crippen LogP contribution < -0.4 is 9.47 Å². The minimum Gasteiger partial charge on any atom is -0.487 e. The number of methoxy groups -OCH3 is 2. The number of aliphatic hydroxyl groups excluding tert-OH is 2. The summed E-state index contributed by atoms with van der Waals surface area (Å²) in [5.41, 5.74) is 12.7. The Morgan fingerprint density at radius 3 is 1.53 bits per heavy atom. The fourth-order valence-electron chi connectivity index (χ4n) is 7.41. The van der Waals surface area contributed by atoms with Gasteiger partial charge in [0.05, 0.1) is 118 Å². The van der Waals surface area contributed by atoms with E-state index in [9.17, 15) is 10.2 Å². The van der Waals surface area contributed by atoms with Crippen LogP contribution in [0, 0.1) is 6.92 Å². The van der Waals surface area contributed by atoms with Crippen molar-refractivity contribution in [2.24, 2.45) is 0 Å². The van der Waals surface area contributed by atoms with Crippen LogP contribution >= 0.6 is 12.4 Å². The molecule has 2 aliphatic rings. The van der Waals surface area contributed by atoms with Crippen molar-refractivity contribution >= 4 is 56.8 Å². The number of ether oxygens (including phenoxy) is 8. The number of H-pyrrole nitrogens is 1. The Labute approximate surface area is 383 Å². The van der Waals surface area contributed by atoms with E-state index in [4.69, 9.17) is 57.8 Å². The van der Waals surface area contributed by atoms with E-state index >= 15 is 0 Å². The number of aromatic nitrogens is 5. The maximum atomic E-state index is 9.86. The second kappa shape index (κ2) is 28.6. The molecule has 0 aliphatic carbocycles. The average Bonchev–Trinajstić information content (AvgIpc) is 3.89. The highest BCUT2D eigenvalue weighted by Crippen LogP contribution is 2.38. The third kappa shape index (κ3) is 14.9. The van der Waals surface area contributed by atoms with Crippen molar-refractivity contribution < 1.29 is 48.1 Å². The van der Waals surface area contributed by atoms with Gasteiger partial charge in [-0.1, -0.05) is 13.8 Å². The number of nitrogens with zero attached hydrogens (tertiary/aromatic N) is 4. The molecule has 3 N–H and O–H groups in total. The number of aryl methyl sites for hydroxylation is 2. The molecule has 0 amide bonds. The molecule has 2 aliphatic heterocycles. The maximum Gasteiger partial charge on any atom is 0.163 e. The molecule has 3 aromatic rings. The number of hydrogen-bond acceptors (Lipinski definition) is 14. The number of hydrogen-bond donors (Lipinski definition) is 3. The molecular formula is C48H68ClN5O10. The number of halogens is 1. The highest BCUT2D eigenvalue weighted by Gasteiger charge is 2.22. The quantitative estimate of drug-likeness (QED) is 0.0608. The van der Waals surface area contributed by atoms with Crippen molar-refractivity contribution in [1.82, 2.24) is 24.9 Å². The fraction of sp³-hybridized carbons (Fsp3) is 0.542. The normalized spacial score (nSPS) is 12.5. The van der Waals surface area contributed by atoms with Crippen molar-refractivity contribution in [3.63, 3.8) is 0 Å². The topological polar surface area (TPSA) is 182 Å². The Morgan fingerprint density at radius 2 is 1.00 bits per heavy atom. The lowest BCUT2D eigenvalue weighted by Gasteiger charge is -2.14. The van der Waals surface area contributed by atoms with E-state index < -0.39 is 0 Å².